The average Bonchev–Trinajstić information content (AvgIpc) is 3.33. The Labute approximate surface area is 173 Å². The van der Waals surface area contributed by atoms with E-state index in [9.17, 15) is 9.59 Å². The van der Waals surface area contributed by atoms with E-state index in [1.54, 1.807) is 13.0 Å². The van der Waals surface area contributed by atoms with Gasteiger partial charge in [-0.3, -0.25) is 10.1 Å². The lowest BCUT2D eigenvalue weighted by molar-refractivity contribution is 0.0526. The number of hydrogen-bond acceptors (Lipinski definition) is 9. The summed E-state index contributed by atoms with van der Waals surface area (Å²) in [6.07, 6.45) is 1.41. The van der Waals surface area contributed by atoms with E-state index in [1.807, 2.05) is 30.3 Å². The zero-order valence-corrected chi connectivity index (χ0v) is 16.8. The predicted molar refractivity (Wildman–Crippen MR) is 113 cm³/mol. The van der Waals surface area contributed by atoms with Gasteiger partial charge < -0.3 is 10.5 Å². The van der Waals surface area contributed by atoms with Crippen LogP contribution in [0, 0.1) is 0 Å². The van der Waals surface area contributed by atoms with Crippen LogP contribution in [0.2, 0.25) is 0 Å². The van der Waals surface area contributed by atoms with Crippen molar-refractivity contribution in [3.05, 3.63) is 53.0 Å². The molecule has 3 heterocycles. The first-order valence-corrected chi connectivity index (χ1v) is 10.3. The van der Waals surface area contributed by atoms with Crippen molar-refractivity contribution in [3.8, 4) is 10.6 Å². The van der Waals surface area contributed by atoms with Crippen molar-refractivity contribution >= 4 is 55.6 Å². The van der Waals surface area contributed by atoms with Crippen molar-refractivity contribution in [2.45, 2.75) is 6.92 Å². The quantitative estimate of drug-likeness (QED) is 0.466. The summed E-state index contributed by atoms with van der Waals surface area (Å²) in [5.74, 6) is -0.889. The molecular weight excluding hydrogens is 410 g/mol. The number of nitrogens with zero attached hydrogens (tertiary/aromatic N) is 3. The first kappa shape index (κ1) is 19.0. The molecule has 10 heteroatoms. The van der Waals surface area contributed by atoms with Crippen LogP contribution in [0.1, 0.15) is 27.0 Å². The molecule has 4 rings (SSSR count). The van der Waals surface area contributed by atoms with E-state index in [4.69, 9.17) is 10.5 Å². The second-order valence-corrected chi connectivity index (χ2v) is 7.85. The Hall–Kier alpha value is -3.37. The smallest absolute Gasteiger partial charge is 0.339 e. The zero-order chi connectivity index (χ0) is 20.4. The lowest BCUT2D eigenvalue weighted by Crippen LogP contribution is -2.11. The van der Waals surface area contributed by atoms with Crippen molar-refractivity contribution in [2.24, 2.45) is 0 Å². The molecule has 0 aliphatic heterocycles. The van der Waals surface area contributed by atoms with E-state index in [1.165, 1.54) is 17.5 Å². The van der Waals surface area contributed by atoms with Gasteiger partial charge in [0.2, 0.25) is 5.13 Å². The standard InChI is InChI=1S/C19H15N5O3S2/c1-2-27-18(26)11-8-12-13(20)14(28-17(12)21-9-11)15(25)22-19-24-23-16(29-19)10-6-4-3-5-7-10/h3-9H,2,20H2,1H3,(H,22,24,25). The number of anilines is 2. The highest BCUT2D eigenvalue weighted by molar-refractivity contribution is 7.21. The van der Waals surface area contributed by atoms with Crippen LogP contribution in [-0.2, 0) is 4.74 Å². The van der Waals surface area contributed by atoms with Crippen LogP contribution in [0.4, 0.5) is 10.8 Å². The summed E-state index contributed by atoms with van der Waals surface area (Å²) in [5.41, 5.74) is 7.62. The molecule has 0 atom stereocenters. The van der Waals surface area contributed by atoms with Gasteiger partial charge in [0.1, 0.15) is 14.7 Å². The number of ether oxygens (including phenoxy) is 1. The Morgan fingerprint density at radius 1 is 1.17 bits per heavy atom. The topological polar surface area (TPSA) is 120 Å². The van der Waals surface area contributed by atoms with E-state index >= 15 is 0 Å². The number of fused-ring (bicyclic) bond motifs is 1. The Kier molecular flexibility index (Phi) is 5.19. The Balaban J connectivity index is 1.58. The van der Waals surface area contributed by atoms with Gasteiger partial charge in [-0.2, -0.15) is 0 Å². The van der Waals surface area contributed by atoms with Gasteiger partial charge >= 0.3 is 5.97 Å². The molecule has 0 bridgehead atoms. The summed E-state index contributed by atoms with van der Waals surface area (Å²) in [6.45, 7) is 1.98. The summed E-state index contributed by atoms with van der Waals surface area (Å²) in [6, 6.07) is 11.2. The van der Waals surface area contributed by atoms with Gasteiger partial charge in [0, 0.05) is 17.1 Å². The molecule has 0 spiro atoms. The number of thiophene rings is 1. The van der Waals surface area contributed by atoms with E-state index in [0.717, 1.165) is 16.9 Å². The minimum Gasteiger partial charge on any atom is -0.462 e. The monoisotopic (exact) mass is 425 g/mol. The summed E-state index contributed by atoms with van der Waals surface area (Å²) < 4.78 is 4.98. The van der Waals surface area contributed by atoms with E-state index in [2.05, 4.69) is 20.5 Å². The number of nitrogens with one attached hydrogen (secondary N) is 1. The fourth-order valence-corrected chi connectivity index (χ4v) is 4.31. The van der Waals surface area contributed by atoms with Gasteiger partial charge in [0.15, 0.2) is 0 Å². The predicted octanol–water partition coefficient (Wildman–Crippen LogP) is 3.83. The maximum absolute atomic E-state index is 12.7. The van der Waals surface area contributed by atoms with Crippen molar-refractivity contribution in [1.82, 2.24) is 15.2 Å². The molecule has 0 saturated carbocycles. The zero-order valence-electron chi connectivity index (χ0n) is 15.2. The summed E-state index contributed by atoms with van der Waals surface area (Å²) in [5, 5.41) is 12.5. The van der Waals surface area contributed by atoms with Crippen LogP contribution < -0.4 is 11.1 Å². The number of rotatable bonds is 5. The number of nitrogen functional groups attached to an aromatic ring is 1. The first-order chi connectivity index (χ1) is 14.1. The van der Waals surface area contributed by atoms with E-state index in [-0.39, 0.29) is 17.9 Å². The molecule has 0 aliphatic rings. The molecule has 0 aliphatic carbocycles. The Morgan fingerprint density at radius 2 is 1.97 bits per heavy atom. The van der Waals surface area contributed by atoms with Gasteiger partial charge in [0.05, 0.1) is 17.9 Å². The van der Waals surface area contributed by atoms with Crippen molar-refractivity contribution in [3.63, 3.8) is 0 Å². The molecule has 0 radical (unpaired) electrons. The molecule has 1 aromatic carbocycles. The number of hydrogen-bond donors (Lipinski definition) is 2. The SMILES string of the molecule is CCOC(=O)c1cnc2sc(C(=O)Nc3nnc(-c4ccccc4)s3)c(N)c2c1. The molecule has 1 amide bonds. The highest BCUT2D eigenvalue weighted by atomic mass is 32.1. The minimum absolute atomic E-state index is 0.258. The fourth-order valence-electron chi connectivity index (χ4n) is 2.62. The van der Waals surface area contributed by atoms with Crippen molar-refractivity contribution in [1.29, 1.82) is 0 Å². The van der Waals surface area contributed by atoms with Crippen LogP contribution in [0.5, 0.6) is 0 Å². The number of carbonyl (C=O) groups excluding carboxylic acids is 2. The fraction of sp³-hybridized carbons (Fsp3) is 0.105. The largest absolute Gasteiger partial charge is 0.462 e. The van der Waals surface area contributed by atoms with Crippen LogP contribution in [0.15, 0.2) is 42.6 Å². The van der Waals surface area contributed by atoms with Crippen LogP contribution >= 0.6 is 22.7 Å². The Bertz CT molecular complexity index is 1200. The molecular formula is C19H15N5O3S2. The maximum Gasteiger partial charge on any atom is 0.339 e. The third kappa shape index (κ3) is 3.80. The minimum atomic E-state index is -0.485. The van der Waals surface area contributed by atoms with Gasteiger partial charge in [-0.1, -0.05) is 41.7 Å². The second kappa shape index (κ2) is 7.94. The van der Waals surface area contributed by atoms with Crippen molar-refractivity contribution in [2.75, 3.05) is 17.7 Å². The molecule has 0 saturated heterocycles. The number of esters is 1. The molecule has 146 valence electrons. The average molecular weight is 425 g/mol. The number of nitrogens with two attached hydrogens (primary N) is 1. The summed E-state index contributed by atoms with van der Waals surface area (Å²) in [4.78, 5) is 29.7. The first-order valence-electron chi connectivity index (χ1n) is 8.62. The van der Waals surface area contributed by atoms with Gasteiger partial charge in [-0.25, -0.2) is 9.78 Å². The van der Waals surface area contributed by atoms with Gasteiger partial charge in [-0.15, -0.1) is 21.5 Å². The second-order valence-electron chi connectivity index (χ2n) is 5.87. The molecule has 3 N–H and O–H groups in total. The summed E-state index contributed by atoms with van der Waals surface area (Å²) >= 11 is 2.41. The molecule has 29 heavy (non-hydrogen) atoms. The lowest BCUT2D eigenvalue weighted by Gasteiger charge is -2.01. The number of benzene rings is 1. The number of pyridine rings is 1. The van der Waals surface area contributed by atoms with Crippen LogP contribution in [0.25, 0.3) is 20.8 Å². The summed E-state index contributed by atoms with van der Waals surface area (Å²) in [7, 11) is 0. The van der Waals surface area contributed by atoms with Crippen molar-refractivity contribution < 1.29 is 14.3 Å². The lowest BCUT2D eigenvalue weighted by atomic mass is 10.2. The van der Waals surface area contributed by atoms with Gasteiger partial charge in [-0.05, 0) is 13.0 Å². The van der Waals surface area contributed by atoms with Gasteiger partial charge in [0.25, 0.3) is 5.91 Å². The van der Waals surface area contributed by atoms with Crippen LogP contribution in [-0.4, -0.2) is 33.7 Å². The number of amides is 1. The van der Waals surface area contributed by atoms with E-state index < -0.39 is 11.9 Å². The third-order valence-electron chi connectivity index (χ3n) is 3.97. The molecule has 8 nitrogen and oxygen atoms in total. The highest BCUT2D eigenvalue weighted by Gasteiger charge is 2.20. The molecule has 4 aromatic rings. The normalized spacial score (nSPS) is 10.8. The van der Waals surface area contributed by atoms with Crippen LogP contribution in [0.3, 0.4) is 0 Å². The molecule has 0 fully saturated rings. The third-order valence-corrected chi connectivity index (χ3v) is 5.98. The molecule has 3 aromatic heterocycles. The Morgan fingerprint density at radius 3 is 2.72 bits per heavy atom. The number of carbonyl (C=O) groups is 2. The molecule has 0 unspecified atom stereocenters. The van der Waals surface area contributed by atoms with E-state index in [0.29, 0.717) is 25.2 Å². The maximum atomic E-state index is 12.7. The highest BCUT2D eigenvalue weighted by Crippen LogP contribution is 2.34. The number of aromatic nitrogens is 3.